The Morgan fingerprint density at radius 1 is 0.274 bits per heavy atom. The Labute approximate surface area is 429 Å². The van der Waals surface area contributed by atoms with E-state index in [0.29, 0.717) is 26.4 Å². The Hall–Kier alpha value is -5.90. The molecule has 2 saturated heterocycles. The van der Waals surface area contributed by atoms with Gasteiger partial charge in [0.2, 0.25) is 0 Å². The summed E-state index contributed by atoms with van der Waals surface area (Å²) in [5, 5.41) is 0. The van der Waals surface area contributed by atoms with E-state index in [2.05, 4.69) is 0 Å². The quantitative estimate of drug-likeness (QED) is 0.0518. The number of hydrogen-bond acceptors (Lipinski definition) is 11. The van der Waals surface area contributed by atoms with Gasteiger partial charge in [-0.3, -0.25) is 0 Å². The lowest BCUT2D eigenvalue weighted by atomic mass is 9.96. The molecule has 10 atom stereocenters. The van der Waals surface area contributed by atoms with Crippen molar-refractivity contribution in [2.45, 2.75) is 108 Å². The van der Waals surface area contributed by atoms with Crippen LogP contribution in [0, 0.1) is 0 Å². The highest BCUT2D eigenvalue weighted by Crippen LogP contribution is 2.35. The number of rotatable bonds is 26. The molecular formula is C62H66O11. The van der Waals surface area contributed by atoms with Crippen LogP contribution in [-0.2, 0) is 98.4 Å². The van der Waals surface area contributed by atoms with Gasteiger partial charge in [0.1, 0.15) is 48.8 Å². The number of ether oxygens (including phenoxy) is 11. The number of hydrogen-bond donors (Lipinski definition) is 0. The van der Waals surface area contributed by atoms with Crippen LogP contribution in [0.4, 0.5) is 0 Å². The molecule has 2 heterocycles. The highest BCUT2D eigenvalue weighted by atomic mass is 16.7. The predicted octanol–water partition coefficient (Wildman–Crippen LogP) is 10.8. The van der Waals surface area contributed by atoms with Gasteiger partial charge in [0, 0.05) is 7.11 Å². The topological polar surface area (TPSA) is 102 Å². The van der Waals surface area contributed by atoms with Crippen molar-refractivity contribution in [2.75, 3.05) is 20.3 Å². The van der Waals surface area contributed by atoms with Gasteiger partial charge in [-0.05, 0) is 38.9 Å². The SMILES string of the molecule is CO[C@H]1OC(CO[C@@H]2OC(COCc3ccccc3)[C@@H](OCc3ccccc3)C(OCc3ccccc3)C2OCc2ccccc2)[C@@H](OCc2ccccc2)C(OCc2ccccc2)C1OCc1ccccc1. The Morgan fingerprint density at radius 3 is 0.863 bits per heavy atom. The molecule has 7 aromatic carbocycles. The van der Waals surface area contributed by atoms with Crippen molar-refractivity contribution in [3.8, 4) is 0 Å². The Bertz CT molecular complexity index is 2560. The molecule has 0 N–H and O–H groups in total. The summed E-state index contributed by atoms with van der Waals surface area (Å²) in [6, 6.07) is 70.4. The van der Waals surface area contributed by atoms with Crippen LogP contribution in [0.2, 0.25) is 0 Å². The van der Waals surface area contributed by atoms with E-state index in [0.717, 1.165) is 38.9 Å². The Morgan fingerprint density at radius 2 is 0.534 bits per heavy atom. The average molecular weight is 987 g/mol. The first-order chi connectivity index (χ1) is 36.2. The van der Waals surface area contributed by atoms with Gasteiger partial charge in [-0.2, -0.15) is 0 Å². The highest BCUT2D eigenvalue weighted by Gasteiger charge is 2.52. The van der Waals surface area contributed by atoms with Crippen LogP contribution in [-0.4, -0.2) is 81.7 Å². The number of methoxy groups -OCH3 is 1. The summed E-state index contributed by atoms with van der Waals surface area (Å²) in [4.78, 5) is 0. The fourth-order valence-electron chi connectivity index (χ4n) is 9.14. The van der Waals surface area contributed by atoms with E-state index < -0.39 is 61.4 Å². The fourth-order valence-corrected chi connectivity index (χ4v) is 9.14. The van der Waals surface area contributed by atoms with Gasteiger partial charge in [0.15, 0.2) is 12.6 Å². The van der Waals surface area contributed by atoms with E-state index in [9.17, 15) is 0 Å². The first-order valence-corrected chi connectivity index (χ1v) is 25.2. The average Bonchev–Trinajstić information content (AvgIpc) is 3.45. The predicted molar refractivity (Wildman–Crippen MR) is 276 cm³/mol. The van der Waals surface area contributed by atoms with Crippen molar-refractivity contribution in [2.24, 2.45) is 0 Å². The second-order valence-electron chi connectivity index (χ2n) is 18.2. The molecule has 0 aliphatic carbocycles. The standard InChI is InChI=1S/C62H66O11/c1-63-61-59(69-42-51-33-19-7-20-34-51)57(67-40-49-29-15-5-16-30-49)56(66-39-48-27-13-4-14-28-48)54(72-61)45-71-62-60(70-43-52-35-21-8-22-36-52)58(68-41-50-31-17-6-18-32-50)55(65-38-47-25-11-3-12-26-47)53(73-62)44-64-37-46-23-9-2-10-24-46/h2-36,53-62H,37-45H2,1H3/t53?,54?,55-,56-,57?,58?,59?,60?,61+,62-/m1/s1. The summed E-state index contributed by atoms with van der Waals surface area (Å²) in [6.07, 6.45) is -7.47. The molecule has 0 aromatic heterocycles. The van der Waals surface area contributed by atoms with Crippen LogP contribution < -0.4 is 0 Å². The van der Waals surface area contributed by atoms with Crippen molar-refractivity contribution in [3.63, 3.8) is 0 Å². The van der Waals surface area contributed by atoms with E-state index in [-0.39, 0.29) is 33.0 Å². The minimum atomic E-state index is -0.999. The van der Waals surface area contributed by atoms with Crippen LogP contribution >= 0.6 is 0 Å². The zero-order valence-corrected chi connectivity index (χ0v) is 41.3. The molecule has 0 radical (unpaired) electrons. The first-order valence-electron chi connectivity index (χ1n) is 25.2. The molecule has 2 fully saturated rings. The summed E-state index contributed by atoms with van der Waals surface area (Å²) in [6.45, 7) is 2.25. The van der Waals surface area contributed by atoms with E-state index >= 15 is 0 Å². The molecule has 9 rings (SSSR count). The smallest absolute Gasteiger partial charge is 0.187 e. The van der Waals surface area contributed by atoms with Crippen molar-refractivity contribution >= 4 is 0 Å². The molecule has 0 amide bonds. The molecule has 6 unspecified atom stereocenters. The van der Waals surface area contributed by atoms with E-state index in [1.165, 1.54) is 0 Å². The highest BCUT2D eigenvalue weighted by molar-refractivity contribution is 5.19. The first kappa shape index (κ1) is 52.0. The normalized spacial score (nSPS) is 24.0. The van der Waals surface area contributed by atoms with Gasteiger partial charge < -0.3 is 52.1 Å². The van der Waals surface area contributed by atoms with E-state index in [1.54, 1.807) is 7.11 Å². The summed E-state index contributed by atoms with van der Waals surface area (Å²) in [7, 11) is 1.61. The molecular weight excluding hydrogens is 921 g/mol. The summed E-state index contributed by atoms with van der Waals surface area (Å²) >= 11 is 0. The minimum Gasteiger partial charge on any atom is -0.374 e. The van der Waals surface area contributed by atoms with Crippen LogP contribution in [0.25, 0.3) is 0 Å². The van der Waals surface area contributed by atoms with Gasteiger partial charge in [0.05, 0.1) is 59.5 Å². The zero-order valence-electron chi connectivity index (χ0n) is 41.3. The Kier molecular flexibility index (Phi) is 19.9. The summed E-state index contributed by atoms with van der Waals surface area (Å²) in [5.41, 5.74) is 7.00. The second-order valence-corrected chi connectivity index (χ2v) is 18.2. The minimum absolute atomic E-state index is 0.00960. The molecule has 11 nitrogen and oxygen atoms in total. The largest absolute Gasteiger partial charge is 0.374 e. The molecule has 0 bridgehead atoms. The van der Waals surface area contributed by atoms with Crippen molar-refractivity contribution in [3.05, 3.63) is 251 Å². The van der Waals surface area contributed by atoms with Crippen molar-refractivity contribution in [1.82, 2.24) is 0 Å². The van der Waals surface area contributed by atoms with Crippen molar-refractivity contribution in [1.29, 1.82) is 0 Å². The Balaban J connectivity index is 1.05. The lowest BCUT2D eigenvalue weighted by Crippen LogP contribution is -2.64. The fraction of sp³-hybridized carbons (Fsp3) is 0.323. The van der Waals surface area contributed by atoms with E-state index in [4.69, 9.17) is 52.1 Å². The monoisotopic (exact) mass is 986 g/mol. The summed E-state index contributed by atoms with van der Waals surface area (Å²) in [5.74, 6) is 0. The molecule has 7 aromatic rings. The number of benzene rings is 7. The van der Waals surface area contributed by atoms with Crippen molar-refractivity contribution < 1.29 is 52.1 Å². The molecule has 2 aliphatic rings. The molecule has 0 spiro atoms. The third-order valence-corrected chi connectivity index (χ3v) is 12.9. The van der Waals surface area contributed by atoms with Crippen LogP contribution in [0.15, 0.2) is 212 Å². The van der Waals surface area contributed by atoms with Crippen LogP contribution in [0.5, 0.6) is 0 Å². The van der Waals surface area contributed by atoms with Gasteiger partial charge in [-0.25, -0.2) is 0 Å². The summed E-state index contributed by atoms with van der Waals surface area (Å²) < 4.78 is 75.2. The van der Waals surface area contributed by atoms with Gasteiger partial charge in [0.25, 0.3) is 0 Å². The second kappa shape index (κ2) is 28.0. The molecule has 2 aliphatic heterocycles. The third-order valence-electron chi connectivity index (χ3n) is 12.9. The van der Waals surface area contributed by atoms with Gasteiger partial charge in [-0.15, -0.1) is 0 Å². The zero-order chi connectivity index (χ0) is 49.7. The maximum atomic E-state index is 7.10. The van der Waals surface area contributed by atoms with Gasteiger partial charge >= 0.3 is 0 Å². The molecule has 11 heteroatoms. The lowest BCUT2D eigenvalue weighted by Gasteiger charge is -2.48. The lowest BCUT2D eigenvalue weighted by molar-refractivity contribution is -0.351. The third kappa shape index (κ3) is 15.3. The maximum absolute atomic E-state index is 7.10. The van der Waals surface area contributed by atoms with Crippen LogP contribution in [0.1, 0.15) is 38.9 Å². The van der Waals surface area contributed by atoms with E-state index in [1.807, 2.05) is 212 Å². The van der Waals surface area contributed by atoms with Gasteiger partial charge in [-0.1, -0.05) is 212 Å². The maximum Gasteiger partial charge on any atom is 0.187 e. The molecule has 73 heavy (non-hydrogen) atoms. The molecule has 0 saturated carbocycles. The van der Waals surface area contributed by atoms with Crippen LogP contribution in [0.3, 0.4) is 0 Å². The molecule has 380 valence electrons.